The van der Waals surface area contributed by atoms with Gasteiger partial charge in [-0.1, -0.05) is 26.0 Å². The lowest BCUT2D eigenvalue weighted by atomic mass is 10.2. The van der Waals surface area contributed by atoms with Crippen LogP contribution in [0.25, 0.3) is 0 Å². The molecule has 1 amide bonds. The third kappa shape index (κ3) is 4.65. The summed E-state index contributed by atoms with van der Waals surface area (Å²) < 4.78 is 5.62. The molecule has 94 valence electrons. The average molecular weight is 256 g/mol. The van der Waals surface area contributed by atoms with Gasteiger partial charge in [0, 0.05) is 0 Å². The van der Waals surface area contributed by atoms with Gasteiger partial charge in [-0.3, -0.25) is 4.79 Å². The van der Waals surface area contributed by atoms with Crippen LogP contribution >= 0.6 is 11.6 Å². The molecule has 0 heterocycles. The summed E-state index contributed by atoms with van der Waals surface area (Å²) in [5.41, 5.74) is 0.658. The molecule has 1 aromatic rings. The second kappa shape index (κ2) is 6.50. The highest BCUT2D eigenvalue weighted by atomic mass is 35.5. The minimum atomic E-state index is -0.562. The van der Waals surface area contributed by atoms with Crippen LogP contribution in [0.5, 0.6) is 5.75 Å². The van der Waals surface area contributed by atoms with E-state index in [4.69, 9.17) is 16.3 Å². The lowest BCUT2D eigenvalue weighted by Gasteiger charge is -2.14. The van der Waals surface area contributed by atoms with E-state index in [1.54, 1.807) is 13.0 Å². The number of ether oxygens (including phenoxy) is 1. The summed E-state index contributed by atoms with van der Waals surface area (Å²) in [4.78, 5) is 11.5. The topological polar surface area (TPSA) is 38.3 Å². The smallest absolute Gasteiger partial charge is 0.242 e. The van der Waals surface area contributed by atoms with E-state index in [-0.39, 0.29) is 5.91 Å². The van der Waals surface area contributed by atoms with E-state index in [0.717, 1.165) is 0 Å². The summed E-state index contributed by atoms with van der Waals surface area (Å²) in [6.45, 7) is 6.39. The molecular weight excluding hydrogens is 238 g/mol. The molecular formula is C13H18ClNO2. The van der Waals surface area contributed by atoms with E-state index in [0.29, 0.717) is 24.0 Å². The Kier molecular flexibility index (Phi) is 5.29. The van der Waals surface area contributed by atoms with Crippen LogP contribution in [-0.4, -0.2) is 17.9 Å². The van der Waals surface area contributed by atoms with Crippen molar-refractivity contribution in [1.82, 2.24) is 0 Å². The first-order chi connectivity index (χ1) is 8.00. The fourth-order valence-corrected chi connectivity index (χ4v) is 1.24. The van der Waals surface area contributed by atoms with Crippen LogP contribution in [0.4, 0.5) is 5.69 Å². The van der Waals surface area contributed by atoms with Crippen LogP contribution in [0.2, 0.25) is 0 Å². The number of halogens is 1. The van der Waals surface area contributed by atoms with Crippen molar-refractivity contribution >= 4 is 23.2 Å². The van der Waals surface area contributed by atoms with Gasteiger partial charge in [0.2, 0.25) is 5.91 Å². The molecule has 0 radical (unpaired) electrons. The standard InChI is InChI=1S/C13H18ClNO2/c1-9(2)8-17-12-7-5-4-6-11(12)15-13(16)10(3)14/h4-7,9-10H,8H2,1-3H3,(H,15,16). The van der Waals surface area contributed by atoms with E-state index in [9.17, 15) is 4.79 Å². The van der Waals surface area contributed by atoms with Crippen molar-refractivity contribution < 1.29 is 9.53 Å². The van der Waals surface area contributed by atoms with Gasteiger partial charge in [0.25, 0.3) is 0 Å². The van der Waals surface area contributed by atoms with Crippen molar-refractivity contribution in [2.45, 2.75) is 26.1 Å². The van der Waals surface area contributed by atoms with Crippen LogP contribution < -0.4 is 10.1 Å². The number of alkyl halides is 1. The van der Waals surface area contributed by atoms with Crippen LogP contribution in [0.15, 0.2) is 24.3 Å². The van der Waals surface area contributed by atoms with Crippen LogP contribution in [0, 0.1) is 5.92 Å². The summed E-state index contributed by atoms with van der Waals surface area (Å²) >= 11 is 5.71. The second-order valence-electron chi connectivity index (χ2n) is 4.31. The van der Waals surface area contributed by atoms with E-state index < -0.39 is 5.38 Å². The molecule has 4 heteroatoms. The highest BCUT2D eigenvalue weighted by Crippen LogP contribution is 2.24. The van der Waals surface area contributed by atoms with Crippen LogP contribution in [0.1, 0.15) is 20.8 Å². The monoisotopic (exact) mass is 255 g/mol. The fourth-order valence-electron chi connectivity index (χ4n) is 1.18. The number of hydrogen-bond acceptors (Lipinski definition) is 2. The van der Waals surface area contributed by atoms with Gasteiger partial charge in [0.15, 0.2) is 0 Å². The number of anilines is 1. The molecule has 0 fully saturated rings. The van der Waals surface area contributed by atoms with Crippen molar-refractivity contribution in [3.05, 3.63) is 24.3 Å². The van der Waals surface area contributed by atoms with Crippen molar-refractivity contribution in [3.8, 4) is 5.75 Å². The maximum atomic E-state index is 11.5. The SMILES string of the molecule is CC(C)COc1ccccc1NC(=O)C(C)Cl. The Morgan fingerprint density at radius 2 is 2.00 bits per heavy atom. The van der Waals surface area contributed by atoms with Crippen LogP contribution in [-0.2, 0) is 4.79 Å². The zero-order valence-corrected chi connectivity index (χ0v) is 11.1. The molecule has 0 spiro atoms. The third-order valence-corrected chi connectivity index (χ3v) is 2.28. The van der Waals surface area contributed by atoms with Gasteiger partial charge in [-0.05, 0) is 25.0 Å². The van der Waals surface area contributed by atoms with Gasteiger partial charge < -0.3 is 10.1 Å². The van der Waals surface area contributed by atoms with Gasteiger partial charge >= 0.3 is 0 Å². The van der Waals surface area contributed by atoms with Crippen LogP contribution in [0.3, 0.4) is 0 Å². The summed E-state index contributed by atoms with van der Waals surface area (Å²) in [6.07, 6.45) is 0. The second-order valence-corrected chi connectivity index (χ2v) is 4.96. The van der Waals surface area contributed by atoms with E-state index in [1.165, 1.54) is 0 Å². The quantitative estimate of drug-likeness (QED) is 0.820. The first-order valence-corrected chi connectivity index (χ1v) is 6.11. The molecule has 3 nitrogen and oxygen atoms in total. The molecule has 17 heavy (non-hydrogen) atoms. The fraction of sp³-hybridized carbons (Fsp3) is 0.462. The number of amides is 1. The van der Waals surface area contributed by atoms with Crippen molar-refractivity contribution in [1.29, 1.82) is 0 Å². The number of rotatable bonds is 5. The van der Waals surface area contributed by atoms with Crippen molar-refractivity contribution in [2.24, 2.45) is 5.92 Å². The molecule has 0 aliphatic rings. The average Bonchev–Trinajstić information content (AvgIpc) is 2.27. The Hall–Kier alpha value is -1.22. The molecule has 1 atom stereocenters. The minimum absolute atomic E-state index is 0.229. The molecule has 1 rings (SSSR count). The molecule has 0 aliphatic heterocycles. The van der Waals surface area contributed by atoms with Gasteiger partial charge in [-0.15, -0.1) is 11.6 Å². The van der Waals surface area contributed by atoms with Gasteiger partial charge in [0.1, 0.15) is 11.1 Å². The summed E-state index contributed by atoms with van der Waals surface area (Å²) in [5, 5.41) is 2.18. The summed E-state index contributed by atoms with van der Waals surface area (Å²) in [6, 6.07) is 7.34. The molecule has 1 aromatic carbocycles. The van der Waals surface area contributed by atoms with Gasteiger partial charge in [0.05, 0.1) is 12.3 Å². The normalized spacial score (nSPS) is 12.3. The highest BCUT2D eigenvalue weighted by Gasteiger charge is 2.12. The highest BCUT2D eigenvalue weighted by molar-refractivity contribution is 6.32. The summed E-state index contributed by atoms with van der Waals surface area (Å²) in [5.74, 6) is 0.879. The first kappa shape index (κ1) is 13.8. The van der Waals surface area contributed by atoms with E-state index in [1.807, 2.05) is 18.2 Å². The Bertz CT molecular complexity index is 377. The van der Waals surface area contributed by atoms with Crippen molar-refractivity contribution in [2.75, 3.05) is 11.9 Å². The molecule has 0 aliphatic carbocycles. The number of carbonyl (C=O) groups excluding carboxylic acids is 1. The number of nitrogens with one attached hydrogen (secondary N) is 1. The van der Waals surface area contributed by atoms with Crippen molar-refractivity contribution in [3.63, 3.8) is 0 Å². The lowest BCUT2D eigenvalue weighted by molar-refractivity contribution is -0.115. The minimum Gasteiger partial charge on any atom is -0.491 e. The molecule has 1 N–H and O–H groups in total. The predicted molar refractivity (Wildman–Crippen MR) is 70.7 cm³/mol. The zero-order valence-electron chi connectivity index (χ0n) is 10.4. The Morgan fingerprint density at radius 1 is 1.35 bits per heavy atom. The molecule has 0 bridgehead atoms. The Morgan fingerprint density at radius 3 is 2.59 bits per heavy atom. The Labute approximate surface area is 107 Å². The third-order valence-electron chi connectivity index (χ3n) is 2.08. The summed E-state index contributed by atoms with van der Waals surface area (Å²) in [7, 11) is 0. The Balaban J connectivity index is 2.74. The zero-order chi connectivity index (χ0) is 12.8. The maximum Gasteiger partial charge on any atom is 0.242 e. The van der Waals surface area contributed by atoms with E-state index >= 15 is 0 Å². The molecule has 0 saturated carbocycles. The van der Waals surface area contributed by atoms with Gasteiger partial charge in [-0.2, -0.15) is 0 Å². The largest absolute Gasteiger partial charge is 0.491 e. The molecule has 1 unspecified atom stereocenters. The van der Waals surface area contributed by atoms with E-state index in [2.05, 4.69) is 19.2 Å². The number of benzene rings is 1. The van der Waals surface area contributed by atoms with Gasteiger partial charge in [-0.25, -0.2) is 0 Å². The lowest BCUT2D eigenvalue weighted by Crippen LogP contribution is -2.21. The predicted octanol–water partition coefficient (Wildman–Crippen LogP) is 3.29. The maximum absolute atomic E-state index is 11.5. The first-order valence-electron chi connectivity index (χ1n) is 5.67. The molecule has 0 aromatic heterocycles. The molecule has 0 saturated heterocycles. The number of carbonyl (C=O) groups is 1. The number of hydrogen-bond donors (Lipinski definition) is 1. The number of para-hydroxylation sites is 2.